The first-order valence-electron chi connectivity index (χ1n) is 5.80. The molecule has 14 heavy (non-hydrogen) atoms. The Morgan fingerprint density at radius 2 is 1.86 bits per heavy atom. The highest BCUT2D eigenvalue weighted by molar-refractivity contribution is 4.77. The van der Waals surface area contributed by atoms with Gasteiger partial charge in [-0.1, -0.05) is 34.1 Å². The van der Waals surface area contributed by atoms with Crippen molar-refractivity contribution >= 4 is 0 Å². The first kappa shape index (κ1) is 13.9. The van der Waals surface area contributed by atoms with Gasteiger partial charge in [0, 0.05) is 6.54 Å². The summed E-state index contributed by atoms with van der Waals surface area (Å²) in [5.41, 5.74) is -0.554. The Labute approximate surface area is 89.1 Å². The van der Waals surface area contributed by atoms with E-state index in [-0.39, 0.29) is 0 Å². The van der Waals surface area contributed by atoms with Crippen LogP contribution in [0.5, 0.6) is 0 Å². The van der Waals surface area contributed by atoms with E-state index < -0.39 is 5.60 Å². The lowest BCUT2D eigenvalue weighted by Gasteiger charge is -2.26. The predicted octanol–water partition coefficient (Wildman–Crippen LogP) is 2.42. The van der Waals surface area contributed by atoms with Crippen LogP contribution in [0.1, 0.15) is 47.5 Å². The van der Waals surface area contributed by atoms with Gasteiger partial charge in [-0.25, -0.2) is 0 Å². The van der Waals surface area contributed by atoms with Gasteiger partial charge >= 0.3 is 0 Å². The van der Waals surface area contributed by atoms with Crippen molar-refractivity contribution in [2.24, 2.45) is 11.8 Å². The van der Waals surface area contributed by atoms with Crippen molar-refractivity contribution in [1.29, 1.82) is 0 Å². The minimum Gasteiger partial charge on any atom is -0.389 e. The summed E-state index contributed by atoms with van der Waals surface area (Å²) < 4.78 is 0. The van der Waals surface area contributed by atoms with Gasteiger partial charge in [0.05, 0.1) is 5.60 Å². The molecular formula is C12H27NO. The predicted molar refractivity (Wildman–Crippen MR) is 62.4 cm³/mol. The van der Waals surface area contributed by atoms with E-state index >= 15 is 0 Å². The molecule has 0 aromatic heterocycles. The number of nitrogens with one attached hydrogen (secondary N) is 1. The van der Waals surface area contributed by atoms with Crippen LogP contribution in [-0.2, 0) is 0 Å². The molecule has 0 aromatic rings. The van der Waals surface area contributed by atoms with Crippen LogP contribution >= 0.6 is 0 Å². The molecular weight excluding hydrogens is 174 g/mol. The summed E-state index contributed by atoms with van der Waals surface area (Å²) >= 11 is 0. The third-order valence-electron chi connectivity index (χ3n) is 2.54. The second-order valence-electron chi connectivity index (χ2n) is 5.24. The molecule has 0 aliphatic rings. The first-order chi connectivity index (χ1) is 6.37. The Balaban J connectivity index is 3.65. The van der Waals surface area contributed by atoms with Gasteiger partial charge < -0.3 is 10.4 Å². The minimum absolute atomic E-state index is 0.551. The van der Waals surface area contributed by atoms with Crippen molar-refractivity contribution in [2.75, 3.05) is 13.1 Å². The molecule has 2 atom stereocenters. The van der Waals surface area contributed by atoms with Crippen LogP contribution in [0, 0.1) is 11.8 Å². The summed E-state index contributed by atoms with van der Waals surface area (Å²) in [5.74, 6) is 1.25. The van der Waals surface area contributed by atoms with Crippen molar-refractivity contribution in [3.63, 3.8) is 0 Å². The lowest BCUT2D eigenvalue weighted by atomic mass is 9.94. The van der Waals surface area contributed by atoms with Crippen molar-refractivity contribution in [2.45, 2.75) is 53.1 Å². The van der Waals surface area contributed by atoms with E-state index in [9.17, 15) is 5.11 Å². The molecule has 2 heteroatoms. The number of hydrogen-bond acceptors (Lipinski definition) is 2. The van der Waals surface area contributed by atoms with E-state index in [0.717, 1.165) is 13.0 Å². The lowest BCUT2D eigenvalue weighted by Crippen LogP contribution is -2.40. The zero-order chi connectivity index (χ0) is 11.2. The number of hydrogen-bond donors (Lipinski definition) is 2. The number of rotatable bonds is 7. The first-order valence-corrected chi connectivity index (χ1v) is 5.80. The maximum absolute atomic E-state index is 10.0. The standard InChI is InChI=1S/C12H27NO/c1-6-11(4)8-13-9-12(5,14)7-10(2)3/h10-11,13-14H,6-9H2,1-5H3. The highest BCUT2D eigenvalue weighted by Crippen LogP contribution is 2.15. The fourth-order valence-corrected chi connectivity index (χ4v) is 1.68. The van der Waals surface area contributed by atoms with Crippen LogP contribution in [-0.4, -0.2) is 23.8 Å². The Bertz CT molecular complexity index is 143. The van der Waals surface area contributed by atoms with Crippen LogP contribution in [0.3, 0.4) is 0 Å². The molecule has 2 N–H and O–H groups in total. The lowest BCUT2D eigenvalue weighted by molar-refractivity contribution is 0.0380. The smallest absolute Gasteiger partial charge is 0.0746 e. The van der Waals surface area contributed by atoms with Gasteiger partial charge in [0.15, 0.2) is 0 Å². The van der Waals surface area contributed by atoms with Crippen LogP contribution < -0.4 is 5.32 Å². The van der Waals surface area contributed by atoms with E-state index in [0.29, 0.717) is 18.4 Å². The Morgan fingerprint density at radius 3 is 2.29 bits per heavy atom. The number of aliphatic hydroxyl groups is 1. The third-order valence-corrected chi connectivity index (χ3v) is 2.54. The highest BCUT2D eigenvalue weighted by Gasteiger charge is 2.21. The van der Waals surface area contributed by atoms with E-state index in [1.165, 1.54) is 6.42 Å². The summed E-state index contributed by atoms with van der Waals surface area (Å²) in [6.45, 7) is 12.3. The zero-order valence-corrected chi connectivity index (χ0v) is 10.4. The van der Waals surface area contributed by atoms with Gasteiger partial charge in [-0.15, -0.1) is 0 Å². The van der Waals surface area contributed by atoms with Gasteiger partial charge in [-0.2, -0.15) is 0 Å². The average molecular weight is 201 g/mol. The molecule has 0 heterocycles. The van der Waals surface area contributed by atoms with E-state index in [1.54, 1.807) is 0 Å². The Kier molecular flexibility index (Phi) is 6.38. The highest BCUT2D eigenvalue weighted by atomic mass is 16.3. The molecule has 0 amide bonds. The van der Waals surface area contributed by atoms with Crippen molar-refractivity contribution in [3.8, 4) is 0 Å². The summed E-state index contributed by atoms with van der Waals surface area (Å²) in [4.78, 5) is 0. The van der Waals surface area contributed by atoms with E-state index in [2.05, 4.69) is 33.0 Å². The normalized spacial score (nSPS) is 18.2. The molecule has 2 unspecified atom stereocenters. The molecule has 0 spiro atoms. The van der Waals surface area contributed by atoms with Crippen LogP contribution in [0.15, 0.2) is 0 Å². The average Bonchev–Trinajstić information content (AvgIpc) is 2.01. The van der Waals surface area contributed by atoms with Gasteiger partial charge in [0.2, 0.25) is 0 Å². The summed E-state index contributed by atoms with van der Waals surface area (Å²) in [7, 11) is 0. The molecule has 0 aliphatic carbocycles. The molecule has 0 rings (SSSR count). The molecule has 0 fully saturated rings. The summed E-state index contributed by atoms with van der Waals surface area (Å²) in [5, 5.41) is 13.3. The SMILES string of the molecule is CCC(C)CNCC(C)(O)CC(C)C. The van der Waals surface area contributed by atoms with Crippen molar-refractivity contribution < 1.29 is 5.11 Å². The zero-order valence-electron chi connectivity index (χ0n) is 10.4. The van der Waals surface area contributed by atoms with E-state index in [4.69, 9.17) is 0 Å². The van der Waals surface area contributed by atoms with Gasteiger partial charge in [0.1, 0.15) is 0 Å². The summed E-state index contributed by atoms with van der Waals surface area (Å²) in [6.07, 6.45) is 2.06. The largest absolute Gasteiger partial charge is 0.389 e. The topological polar surface area (TPSA) is 32.3 Å². The quantitative estimate of drug-likeness (QED) is 0.663. The van der Waals surface area contributed by atoms with Crippen LogP contribution in [0.4, 0.5) is 0 Å². The maximum atomic E-state index is 10.0. The second kappa shape index (κ2) is 6.41. The molecule has 86 valence electrons. The third kappa shape index (κ3) is 7.34. The minimum atomic E-state index is -0.554. The van der Waals surface area contributed by atoms with E-state index in [1.807, 2.05) is 6.92 Å². The van der Waals surface area contributed by atoms with Crippen LogP contribution in [0.2, 0.25) is 0 Å². The molecule has 0 aromatic carbocycles. The molecule has 0 saturated carbocycles. The van der Waals surface area contributed by atoms with Gasteiger partial charge in [-0.3, -0.25) is 0 Å². The van der Waals surface area contributed by atoms with Crippen molar-refractivity contribution in [3.05, 3.63) is 0 Å². The second-order valence-corrected chi connectivity index (χ2v) is 5.24. The molecule has 0 saturated heterocycles. The van der Waals surface area contributed by atoms with Crippen molar-refractivity contribution in [1.82, 2.24) is 5.32 Å². The molecule has 0 bridgehead atoms. The molecule has 2 nitrogen and oxygen atoms in total. The van der Waals surface area contributed by atoms with Crippen LogP contribution in [0.25, 0.3) is 0 Å². The van der Waals surface area contributed by atoms with Gasteiger partial charge in [-0.05, 0) is 31.7 Å². The van der Waals surface area contributed by atoms with Gasteiger partial charge in [0.25, 0.3) is 0 Å². The maximum Gasteiger partial charge on any atom is 0.0746 e. The fraction of sp³-hybridized carbons (Fsp3) is 1.00. The summed E-state index contributed by atoms with van der Waals surface area (Å²) in [6, 6.07) is 0. The molecule has 0 radical (unpaired) electrons. The Hall–Kier alpha value is -0.0800. The Morgan fingerprint density at radius 1 is 1.29 bits per heavy atom. The monoisotopic (exact) mass is 201 g/mol. The molecule has 0 aliphatic heterocycles. The fourth-order valence-electron chi connectivity index (χ4n) is 1.68.